The lowest BCUT2D eigenvalue weighted by Gasteiger charge is -2.24. The van der Waals surface area contributed by atoms with E-state index in [0.717, 1.165) is 51.7 Å². The van der Waals surface area contributed by atoms with Gasteiger partial charge in [0.25, 0.3) is 0 Å². The Morgan fingerprint density at radius 1 is 1.06 bits per heavy atom. The molecule has 0 aliphatic carbocycles. The topological polar surface area (TPSA) is 36.9 Å². The number of hydrogen-bond donors (Lipinski definition) is 0. The molecule has 0 saturated carbocycles. The van der Waals surface area contributed by atoms with E-state index in [2.05, 4.69) is 6.92 Å². The van der Waals surface area contributed by atoms with Crippen LogP contribution in [0.4, 0.5) is 0 Å². The molecule has 0 bridgehead atoms. The normalized spacial score (nSPS) is 32.1. The Kier molecular flexibility index (Phi) is 5.03. The molecule has 0 amide bonds. The van der Waals surface area contributed by atoms with Crippen molar-refractivity contribution in [3.63, 3.8) is 0 Å². The summed E-state index contributed by atoms with van der Waals surface area (Å²) >= 11 is 0. The van der Waals surface area contributed by atoms with E-state index < -0.39 is 0 Å². The molecule has 4 heteroatoms. The van der Waals surface area contributed by atoms with Crippen molar-refractivity contribution in [1.29, 1.82) is 0 Å². The van der Waals surface area contributed by atoms with Crippen LogP contribution in [0.1, 0.15) is 45.4 Å². The first-order valence-corrected chi connectivity index (χ1v) is 6.42. The van der Waals surface area contributed by atoms with Crippen molar-refractivity contribution in [2.75, 3.05) is 13.2 Å². The van der Waals surface area contributed by atoms with Crippen LogP contribution >= 0.6 is 0 Å². The molecule has 0 radical (unpaired) electrons. The monoisotopic (exact) mass is 230 g/mol. The van der Waals surface area contributed by atoms with Crippen molar-refractivity contribution in [2.24, 2.45) is 0 Å². The van der Waals surface area contributed by atoms with E-state index in [-0.39, 0.29) is 18.9 Å². The second kappa shape index (κ2) is 6.55. The molecular weight excluding hydrogens is 208 g/mol. The van der Waals surface area contributed by atoms with Gasteiger partial charge in [-0.2, -0.15) is 0 Å². The predicted octanol–water partition coefficient (Wildman–Crippen LogP) is 2.42. The fourth-order valence-electron chi connectivity index (χ4n) is 2.05. The minimum atomic E-state index is -0.170. The van der Waals surface area contributed by atoms with Gasteiger partial charge in [-0.05, 0) is 19.3 Å². The first-order chi connectivity index (χ1) is 7.88. The highest BCUT2D eigenvalue weighted by Crippen LogP contribution is 2.21. The van der Waals surface area contributed by atoms with Crippen LogP contribution in [0.5, 0.6) is 0 Å². The second-order valence-corrected chi connectivity index (χ2v) is 4.38. The average Bonchev–Trinajstić information content (AvgIpc) is 2.91. The lowest BCUT2D eigenvalue weighted by molar-refractivity contribution is -0.279. The predicted molar refractivity (Wildman–Crippen MR) is 58.8 cm³/mol. The van der Waals surface area contributed by atoms with E-state index in [1.165, 1.54) is 0 Å². The molecule has 94 valence electrons. The summed E-state index contributed by atoms with van der Waals surface area (Å²) in [4.78, 5) is 0. The zero-order valence-electron chi connectivity index (χ0n) is 10.0. The third-order valence-electron chi connectivity index (χ3n) is 2.91. The van der Waals surface area contributed by atoms with Crippen molar-refractivity contribution >= 4 is 0 Å². The average molecular weight is 230 g/mol. The van der Waals surface area contributed by atoms with Crippen molar-refractivity contribution in [1.82, 2.24) is 0 Å². The lowest BCUT2D eigenvalue weighted by atomic mass is 10.3. The smallest absolute Gasteiger partial charge is 0.163 e. The first-order valence-electron chi connectivity index (χ1n) is 6.42. The molecule has 0 N–H and O–H groups in total. The maximum Gasteiger partial charge on any atom is 0.163 e. The van der Waals surface area contributed by atoms with Gasteiger partial charge in [0.05, 0.1) is 0 Å². The van der Waals surface area contributed by atoms with Gasteiger partial charge in [-0.25, -0.2) is 0 Å². The van der Waals surface area contributed by atoms with Crippen LogP contribution in [0.25, 0.3) is 0 Å². The molecule has 2 rings (SSSR count). The molecule has 2 heterocycles. The van der Waals surface area contributed by atoms with Crippen LogP contribution in [-0.2, 0) is 18.9 Å². The fraction of sp³-hybridized carbons (Fsp3) is 1.00. The van der Waals surface area contributed by atoms with Gasteiger partial charge in [-0.3, -0.25) is 0 Å². The summed E-state index contributed by atoms with van der Waals surface area (Å²) < 4.78 is 22.5. The largest absolute Gasteiger partial charge is 0.353 e. The highest BCUT2D eigenvalue weighted by atomic mass is 16.8. The molecule has 0 aromatic carbocycles. The molecule has 2 atom stereocenters. The lowest BCUT2D eigenvalue weighted by Crippen LogP contribution is -2.28. The zero-order valence-corrected chi connectivity index (χ0v) is 10.0. The molecule has 2 fully saturated rings. The van der Waals surface area contributed by atoms with Crippen molar-refractivity contribution in [3.05, 3.63) is 0 Å². The Balaban J connectivity index is 1.73. The van der Waals surface area contributed by atoms with E-state index in [0.29, 0.717) is 0 Å². The van der Waals surface area contributed by atoms with Gasteiger partial charge >= 0.3 is 0 Å². The van der Waals surface area contributed by atoms with Crippen LogP contribution in [0.2, 0.25) is 0 Å². The summed E-state index contributed by atoms with van der Waals surface area (Å²) in [7, 11) is 0. The van der Waals surface area contributed by atoms with Crippen molar-refractivity contribution in [3.8, 4) is 0 Å². The summed E-state index contributed by atoms with van der Waals surface area (Å²) in [6, 6.07) is 0. The summed E-state index contributed by atoms with van der Waals surface area (Å²) in [6.45, 7) is 3.75. The number of ether oxygens (including phenoxy) is 4. The highest BCUT2D eigenvalue weighted by Gasteiger charge is 2.25. The van der Waals surface area contributed by atoms with E-state index in [1.807, 2.05) is 0 Å². The van der Waals surface area contributed by atoms with Crippen molar-refractivity contribution in [2.45, 2.75) is 64.3 Å². The Morgan fingerprint density at radius 2 is 1.62 bits per heavy atom. The number of rotatable bonds is 6. The molecule has 16 heavy (non-hydrogen) atoms. The van der Waals surface area contributed by atoms with Crippen LogP contribution in [0, 0.1) is 0 Å². The third-order valence-corrected chi connectivity index (χ3v) is 2.91. The van der Waals surface area contributed by atoms with Crippen molar-refractivity contribution < 1.29 is 18.9 Å². The molecule has 0 aromatic rings. The van der Waals surface area contributed by atoms with Gasteiger partial charge in [-0.1, -0.05) is 13.3 Å². The zero-order chi connectivity index (χ0) is 11.2. The van der Waals surface area contributed by atoms with Gasteiger partial charge in [-0.15, -0.1) is 0 Å². The standard InChI is InChI=1S/C12H22O4/c1-2-5-12(15-10-6-3-8-13-10)16-11-7-4-9-14-11/h10-12H,2-9H2,1H3. The van der Waals surface area contributed by atoms with Crippen LogP contribution in [0.3, 0.4) is 0 Å². The molecular formula is C12H22O4. The summed E-state index contributed by atoms with van der Waals surface area (Å²) in [5.74, 6) is 0. The minimum absolute atomic E-state index is 0.0713. The third kappa shape index (κ3) is 3.70. The molecule has 0 spiro atoms. The fourth-order valence-corrected chi connectivity index (χ4v) is 2.05. The van der Waals surface area contributed by atoms with Crippen LogP contribution < -0.4 is 0 Å². The van der Waals surface area contributed by atoms with Gasteiger partial charge < -0.3 is 18.9 Å². The minimum Gasteiger partial charge on any atom is -0.353 e. The van der Waals surface area contributed by atoms with Gasteiger partial charge in [0.2, 0.25) is 0 Å². The summed E-state index contributed by atoms with van der Waals surface area (Å²) in [5, 5.41) is 0. The van der Waals surface area contributed by atoms with Gasteiger partial charge in [0.1, 0.15) is 0 Å². The molecule has 2 aliphatic rings. The van der Waals surface area contributed by atoms with Crippen LogP contribution in [0.15, 0.2) is 0 Å². The first kappa shape index (κ1) is 12.3. The maximum atomic E-state index is 5.79. The molecule has 2 saturated heterocycles. The quantitative estimate of drug-likeness (QED) is 0.657. The molecule has 2 aliphatic heterocycles. The van der Waals surface area contributed by atoms with E-state index in [4.69, 9.17) is 18.9 Å². The Morgan fingerprint density at radius 3 is 2.00 bits per heavy atom. The molecule has 4 nitrogen and oxygen atoms in total. The van der Waals surface area contributed by atoms with Gasteiger partial charge in [0, 0.05) is 26.1 Å². The van der Waals surface area contributed by atoms with E-state index in [9.17, 15) is 0 Å². The Bertz CT molecular complexity index is 167. The summed E-state index contributed by atoms with van der Waals surface area (Å²) in [5.41, 5.74) is 0. The van der Waals surface area contributed by atoms with E-state index >= 15 is 0 Å². The second-order valence-electron chi connectivity index (χ2n) is 4.38. The highest BCUT2D eigenvalue weighted by molar-refractivity contribution is 4.59. The SMILES string of the molecule is CCCC(OC1CCCO1)OC1CCCO1. The van der Waals surface area contributed by atoms with Gasteiger partial charge in [0.15, 0.2) is 18.9 Å². The van der Waals surface area contributed by atoms with E-state index in [1.54, 1.807) is 0 Å². The maximum absolute atomic E-state index is 5.79. The Labute approximate surface area is 97.2 Å². The van der Waals surface area contributed by atoms with Crippen LogP contribution in [-0.4, -0.2) is 32.1 Å². The molecule has 0 aromatic heterocycles. The summed E-state index contributed by atoms with van der Waals surface area (Å²) in [6.07, 6.45) is 5.77. The molecule has 2 unspecified atom stereocenters. The number of hydrogen-bond acceptors (Lipinski definition) is 4. The Hall–Kier alpha value is -0.160.